The van der Waals surface area contributed by atoms with E-state index in [9.17, 15) is 22.8 Å². The number of nitrogens with zero attached hydrogens (tertiary/aromatic N) is 5. The van der Waals surface area contributed by atoms with Gasteiger partial charge in [0.1, 0.15) is 17.8 Å². The Morgan fingerprint density at radius 3 is 2.54 bits per heavy atom. The van der Waals surface area contributed by atoms with E-state index in [1.54, 1.807) is 36.0 Å². The third-order valence-corrected chi connectivity index (χ3v) is 5.35. The van der Waals surface area contributed by atoms with Gasteiger partial charge in [-0.1, -0.05) is 6.07 Å². The SMILES string of the molecule is COc1ccc(-c2cc3c4nn(CC(=O)Nc5cccc(C(F)(F)F)c5)c(=O)n4ccn3n2)cc1. The van der Waals surface area contributed by atoms with E-state index >= 15 is 0 Å². The molecule has 3 aromatic heterocycles. The minimum absolute atomic E-state index is 0.0380. The number of alkyl halides is 3. The number of benzene rings is 2. The van der Waals surface area contributed by atoms with Crippen molar-refractivity contribution in [3.8, 4) is 17.0 Å². The molecule has 5 rings (SSSR count). The molecule has 3 heterocycles. The number of fused-ring (bicyclic) bond motifs is 3. The topological polar surface area (TPSA) is 94.9 Å². The van der Waals surface area contributed by atoms with Crippen molar-refractivity contribution in [1.82, 2.24) is 23.8 Å². The number of nitrogens with one attached hydrogen (secondary N) is 1. The summed E-state index contributed by atoms with van der Waals surface area (Å²) in [5.41, 5.74) is 0.776. The van der Waals surface area contributed by atoms with Crippen molar-refractivity contribution in [2.75, 3.05) is 12.4 Å². The maximum absolute atomic E-state index is 12.9. The van der Waals surface area contributed by atoms with E-state index in [1.807, 2.05) is 12.1 Å². The van der Waals surface area contributed by atoms with Crippen LogP contribution in [-0.2, 0) is 17.5 Å². The van der Waals surface area contributed by atoms with Gasteiger partial charge in [0.2, 0.25) is 5.91 Å². The van der Waals surface area contributed by atoms with E-state index in [2.05, 4.69) is 15.5 Å². The van der Waals surface area contributed by atoms with Gasteiger partial charge in [0.05, 0.1) is 18.4 Å². The maximum atomic E-state index is 12.9. The van der Waals surface area contributed by atoms with Crippen LogP contribution < -0.4 is 15.7 Å². The molecule has 1 N–H and O–H groups in total. The van der Waals surface area contributed by atoms with E-state index in [1.165, 1.54) is 22.7 Å². The molecule has 12 heteroatoms. The monoisotopic (exact) mass is 482 g/mol. The zero-order chi connectivity index (χ0) is 24.7. The zero-order valence-corrected chi connectivity index (χ0v) is 18.2. The van der Waals surface area contributed by atoms with E-state index in [4.69, 9.17) is 4.74 Å². The lowest BCUT2D eigenvalue weighted by Gasteiger charge is -2.09. The molecule has 0 saturated heterocycles. The van der Waals surface area contributed by atoms with Gasteiger partial charge in [0, 0.05) is 23.6 Å². The van der Waals surface area contributed by atoms with Gasteiger partial charge in [0.15, 0.2) is 5.65 Å². The first-order valence-electron chi connectivity index (χ1n) is 10.3. The van der Waals surface area contributed by atoms with Crippen molar-refractivity contribution in [2.45, 2.75) is 12.7 Å². The van der Waals surface area contributed by atoms with Crippen LogP contribution >= 0.6 is 0 Å². The van der Waals surface area contributed by atoms with E-state index in [0.29, 0.717) is 17.0 Å². The Kier molecular flexibility index (Phi) is 5.27. The van der Waals surface area contributed by atoms with Crippen molar-refractivity contribution in [1.29, 1.82) is 0 Å². The quantitative estimate of drug-likeness (QED) is 0.414. The van der Waals surface area contributed by atoms with Crippen molar-refractivity contribution in [3.63, 3.8) is 0 Å². The largest absolute Gasteiger partial charge is 0.497 e. The summed E-state index contributed by atoms with van der Waals surface area (Å²) in [5.74, 6) is 0.00638. The number of carbonyl (C=O) groups excluding carboxylic acids is 1. The average Bonchev–Trinajstić information content (AvgIpc) is 3.40. The molecule has 0 aliphatic rings. The molecule has 0 radical (unpaired) electrons. The number of hydrogen-bond acceptors (Lipinski definition) is 5. The van der Waals surface area contributed by atoms with Crippen molar-refractivity contribution in [2.24, 2.45) is 0 Å². The number of hydrogen-bond donors (Lipinski definition) is 1. The number of aromatic nitrogens is 5. The molecule has 0 aliphatic carbocycles. The summed E-state index contributed by atoms with van der Waals surface area (Å²) in [6.45, 7) is -0.484. The normalized spacial score (nSPS) is 11.8. The van der Waals surface area contributed by atoms with Crippen LogP contribution in [0.5, 0.6) is 5.75 Å². The summed E-state index contributed by atoms with van der Waals surface area (Å²) in [4.78, 5) is 25.2. The smallest absolute Gasteiger partial charge is 0.416 e. The van der Waals surface area contributed by atoms with Gasteiger partial charge in [-0.05, 0) is 48.5 Å². The Balaban J connectivity index is 1.43. The second kappa shape index (κ2) is 8.31. The van der Waals surface area contributed by atoms with Crippen LogP contribution in [0, 0.1) is 0 Å². The Hall–Kier alpha value is -4.61. The van der Waals surface area contributed by atoms with Gasteiger partial charge in [0.25, 0.3) is 0 Å². The lowest BCUT2D eigenvalue weighted by molar-refractivity contribution is -0.137. The molecule has 0 bridgehead atoms. The lowest BCUT2D eigenvalue weighted by Crippen LogP contribution is -2.28. The Morgan fingerprint density at radius 2 is 1.83 bits per heavy atom. The lowest BCUT2D eigenvalue weighted by atomic mass is 10.1. The summed E-state index contributed by atoms with van der Waals surface area (Å²) in [5, 5.41) is 11.1. The number of halogens is 3. The molecule has 0 spiro atoms. The molecule has 178 valence electrons. The fourth-order valence-electron chi connectivity index (χ4n) is 3.65. The summed E-state index contributed by atoms with van der Waals surface area (Å²) in [6, 6.07) is 13.3. The summed E-state index contributed by atoms with van der Waals surface area (Å²) in [7, 11) is 1.57. The number of methoxy groups -OCH3 is 1. The van der Waals surface area contributed by atoms with Crippen LogP contribution in [0.15, 0.2) is 71.8 Å². The first-order chi connectivity index (χ1) is 16.7. The highest BCUT2D eigenvalue weighted by atomic mass is 19.4. The molecular weight excluding hydrogens is 465 g/mol. The Morgan fingerprint density at radius 1 is 1.06 bits per heavy atom. The van der Waals surface area contributed by atoms with Gasteiger partial charge >= 0.3 is 11.9 Å². The molecule has 0 saturated carbocycles. The number of rotatable bonds is 5. The minimum Gasteiger partial charge on any atom is -0.497 e. The highest BCUT2D eigenvalue weighted by Crippen LogP contribution is 2.30. The number of anilines is 1. The Labute approximate surface area is 195 Å². The predicted molar refractivity (Wildman–Crippen MR) is 120 cm³/mol. The maximum Gasteiger partial charge on any atom is 0.416 e. The Bertz CT molecular complexity index is 1620. The third kappa shape index (κ3) is 4.21. The minimum atomic E-state index is -4.54. The van der Waals surface area contributed by atoms with Crippen LogP contribution in [0.3, 0.4) is 0 Å². The summed E-state index contributed by atoms with van der Waals surface area (Å²) < 4.78 is 47.7. The zero-order valence-electron chi connectivity index (χ0n) is 18.2. The van der Waals surface area contributed by atoms with E-state index < -0.39 is 29.9 Å². The molecule has 1 amide bonds. The molecule has 35 heavy (non-hydrogen) atoms. The van der Waals surface area contributed by atoms with Crippen LogP contribution in [0.2, 0.25) is 0 Å². The molecule has 2 aromatic carbocycles. The fraction of sp³-hybridized carbons (Fsp3) is 0.130. The van der Waals surface area contributed by atoms with Gasteiger partial charge < -0.3 is 10.1 Å². The molecule has 0 aliphatic heterocycles. The highest BCUT2D eigenvalue weighted by Gasteiger charge is 2.30. The number of ether oxygens (including phenoxy) is 1. The summed E-state index contributed by atoms with van der Waals surface area (Å²) >= 11 is 0. The molecule has 9 nitrogen and oxygen atoms in total. The van der Waals surface area contributed by atoms with Crippen LogP contribution in [0.4, 0.5) is 18.9 Å². The van der Waals surface area contributed by atoms with Gasteiger partial charge in [-0.15, -0.1) is 5.10 Å². The average molecular weight is 482 g/mol. The summed E-state index contributed by atoms with van der Waals surface area (Å²) in [6.07, 6.45) is -1.48. The van der Waals surface area contributed by atoms with Crippen molar-refractivity contribution < 1.29 is 22.7 Å². The van der Waals surface area contributed by atoms with Crippen LogP contribution in [0.1, 0.15) is 5.56 Å². The van der Waals surface area contributed by atoms with Gasteiger partial charge in [-0.2, -0.15) is 18.3 Å². The molecule has 5 aromatic rings. The number of amides is 1. The van der Waals surface area contributed by atoms with Gasteiger partial charge in [-0.25, -0.2) is 18.4 Å². The van der Waals surface area contributed by atoms with Crippen LogP contribution in [-0.4, -0.2) is 36.8 Å². The second-order valence-corrected chi connectivity index (χ2v) is 7.65. The first-order valence-corrected chi connectivity index (χ1v) is 10.3. The second-order valence-electron chi connectivity index (χ2n) is 7.65. The molecule has 0 unspecified atom stereocenters. The van der Waals surface area contributed by atoms with Gasteiger partial charge in [-0.3, -0.25) is 4.79 Å². The number of carbonyl (C=O) groups is 1. The fourth-order valence-corrected chi connectivity index (χ4v) is 3.65. The van der Waals surface area contributed by atoms with Crippen molar-refractivity contribution >= 4 is 22.8 Å². The first kappa shape index (κ1) is 22.2. The van der Waals surface area contributed by atoms with E-state index in [-0.39, 0.29) is 11.3 Å². The molecule has 0 atom stereocenters. The van der Waals surface area contributed by atoms with Crippen molar-refractivity contribution in [3.05, 3.63) is 83.0 Å². The third-order valence-electron chi connectivity index (χ3n) is 5.35. The molecule has 0 fully saturated rings. The standard InChI is InChI=1S/C23H17F3N6O3/c1-35-17-7-5-14(6-8-17)18-12-19-21-29-32(22(34)30(21)9-10-31(19)28-18)13-20(33)27-16-4-2-3-15(11-16)23(24,25)26/h2-12H,13H2,1H3,(H,27,33). The van der Waals surface area contributed by atoms with Crippen LogP contribution in [0.25, 0.3) is 22.4 Å². The van der Waals surface area contributed by atoms with E-state index in [0.717, 1.165) is 22.4 Å². The molecular formula is C23H17F3N6O3. The predicted octanol–water partition coefficient (Wildman–Crippen LogP) is 3.48. The highest BCUT2D eigenvalue weighted by molar-refractivity contribution is 5.90.